The van der Waals surface area contributed by atoms with Crippen molar-refractivity contribution in [2.75, 3.05) is 24.3 Å². The summed E-state index contributed by atoms with van der Waals surface area (Å²) in [6.07, 6.45) is 0. The number of methoxy groups -OCH3 is 1. The lowest BCUT2D eigenvalue weighted by Gasteiger charge is -2.28. The van der Waals surface area contributed by atoms with Crippen molar-refractivity contribution in [3.63, 3.8) is 0 Å². The number of carbonyl (C=O) groups is 1. The molecule has 3 aromatic rings. The van der Waals surface area contributed by atoms with Gasteiger partial charge in [-0.15, -0.1) is 16.9 Å². The quantitative estimate of drug-likeness (QED) is 0.665. The Bertz CT molecular complexity index is 1000. The van der Waals surface area contributed by atoms with Crippen LogP contribution in [0.1, 0.15) is 16.2 Å². The van der Waals surface area contributed by atoms with Crippen molar-refractivity contribution in [1.29, 1.82) is 0 Å². The fourth-order valence-electron chi connectivity index (χ4n) is 3.03. The summed E-state index contributed by atoms with van der Waals surface area (Å²) in [4.78, 5) is 15.9. The second-order valence-electron chi connectivity index (χ2n) is 6.05. The highest BCUT2D eigenvalue weighted by Crippen LogP contribution is 2.37. The van der Waals surface area contributed by atoms with E-state index in [9.17, 15) is 4.79 Å². The van der Waals surface area contributed by atoms with E-state index in [1.165, 1.54) is 0 Å². The Morgan fingerprint density at radius 1 is 1.22 bits per heavy atom. The van der Waals surface area contributed by atoms with E-state index in [1.807, 2.05) is 49.4 Å². The number of amides is 1. The summed E-state index contributed by atoms with van der Waals surface area (Å²) in [5, 5.41) is 8.94. The number of aromatic nitrogens is 3. The van der Waals surface area contributed by atoms with Crippen molar-refractivity contribution >= 4 is 35.0 Å². The average Bonchev–Trinajstić information content (AvgIpc) is 3.08. The molecule has 4 rings (SSSR count). The SMILES string of the molecule is COc1ccc(-n2nnc(C(=O)N3CCSc4ccc(Cl)cc43)c2C)cc1. The average molecular weight is 401 g/mol. The minimum absolute atomic E-state index is 0.170. The number of carbonyl (C=O) groups excluding carboxylic acids is 1. The Morgan fingerprint density at radius 2 is 2.00 bits per heavy atom. The lowest BCUT2D eigenvalue weighted by molar-refractivity contribution is 0.0982. The Kier molecular flexibility index (Phi) is 4.80. The van der Waals surface area contributed by atoms with Gasteiger partial charge in [0.15, 0.2) is 5.69 Å². The summed E-state index contributed by atoms with van der Waals surface area (Å²) in [7, 11) is 1.62. The molecule has 0 radical (unpaired) electrons. The Balaban J connectivity index is 1.68. The van der Waals surface area contributed by atoms with E-state index < -0.39 is 0 Å². The predicted octanol–water partition coefficient (Wildman–Crippen LogP) is 3.99. The molecule has 1 aromatic heterocycles. The Morgan fingerprint density at radius 3 is 2.74 bits per heavy atom. The van der Waals surface area contributed by atoms with E-state index in [-0.39, 0.29) is 5.91 Å². The van der Waals surface area contributed by atoms with Crippen LogP contribution in [0.25, 0.3) is 5.69 Å². The molecule has 2 heterocycles. The molecular weight excluding hydrogens is 384 g/mol. The second-order valence-corrected chi connectivity index (χ2v) is 7.62. The number of rotatable bonds is 3. The zero-order valence-corrected chi connectivity index (χ0v) is 16.4. The number of halogens is 1. The summed E-state index contributed by atoms with van der Waals surface area (Å²) in [6, 6.07) is 13.1. The molecule has 0 aliphatic carbocycles. The lowest BCUT2D eigenvalue weighted by Crippen LogP contribution is -2.36. The first-order chi connectivity index (χ1) is 13.1. The molecule has 0 atom stereocenters. The summed E-state index contributed by atoms with van der Waals surface area (Å²) < 4.78 is 6.84. The molecule has 0 saturated carbocycles. The first-order valence-corrected chi connectivity index (χ1v) is 9.76. The van der Waals surface area contributed by atoms with Gasteiger partial charge in [-0.3, -0.25) is 4.79 Å². The van der Waals surface area contributed by atoms with Gasteiger partial charge in [0.1, 0.15) is 5.75 Å². The summed E-state index contributed by atoms with van der Waals surface area (Å²) in [5.74, 6) is 1.41. The minimum atomic E-state index is -0.170. The van der Waals surface area contributed by atoms with E-state index in [4.69, 9.17) is 16.3 Å². The third kappa shape index (κ3) is 3.28. The van der Waals surface area contributed by atoms with Crippen molar-refractivity contribution in [3.8, 4) is 11.4 Å². The van der Waals surface area contributed by atoms with E-state index in [0.29, 0.717) is 23.0 Å². The van der Waals surface area contributed by atoms with Crippen LogP contribution in [0.2, 0.25) is 5.02 Å². The van der Waals surface area contributed by atoms with Crippen LogP contribution in [-0.4, -0.2) is 40.3 Å². The third-order valence-electron chi connectivity index (χ3n) is 4.44. The highest BCUT2D eigenvalue weighted by atomic mass is 35.5. The number of benzene rings is 2. The molecule has 8 heteroatoms. The molecular formula is C19H17ClN4O2S. The predicted molar refractivity (Wildman–Crippen MR) is 107 cm³/mol. The lowest BCUT2D eigenvalue weighted by atomic mass is 10.2. The van der Waals surface area contributed by atoms with E-state index in [0.717, 1.165) is 27.8 Å². The Hall–Kier alpha value is -2.51. The van der Waals surface area contributed by atoms with Crippen molar-refractivity contribution in [2.45, 2.75) is 11.8 Å². The number of hydrogen-bond acceptors (Lipinski definition) is 5. The van der Waals surface area contributed by atoms with Gasteiger partial charge in [0.25, 0.3) is 5.91 Å². The molecule has 0 unspecified atom stereocenters. The van der Waals surface area contributed by atoms with Gasteiger partial charge in [0.05, 0.1) is 24.2 Å². The summed E-state index contributed by atoms with van der Waals surface area (Å²) in [5.41, 5.74) is 2.66. The molecule has 0 saturated heterocycles. The van der Waals surface area contributed by atoms with E-state index in [1.54, 1.807) is 28.5 Å². The molecule has 0 fully saturated rings. The fraction of sp³-hybridized carbons (Fsp3) is 0.211. The molecule has 6 nitrogen and oxygen atoms in total. The van der Waals surface area contributed by atoms with Crippen LogP contribution in [0, 0.1) is 6.92 Å². The second kappa shape index (κ2) is 7.25. The van der Waals surface area contributed by atoms with Crippen molar-refractivity contribution < 1.29 is 9.53 Å². The maximum atomic E-state index is 13.2. The third-order valence-corrected chi connectivity index (χ3v) is 5.72. The van der Waals surface area contributed by atoms with Crippen LogP contribution in [0.3, 0.4) is 0 Å². The van der Waals surface area contributed by atoms with Gasteiger partial charge in [-0.2, -0.15) is 0 Å². The van der Waals surface area contributed by atoms with Crippen molar-refractivity contribution in [3.05, 3.63) is 58.9 Å². The fourth-order valence-corrected chi connectivity index (χ4v) is 4.17. The zero-order valence-electron chi connectivity index (χ0n) is 14.8. The van der Waals surface area contributed by atoms with Gasteiger partial charge in [0, 0.05) is 22.2 Å². The molecule has 1 aliphatic heterocycles. The number of hydrogen-bond donors (Lipinski definition) is 0. The minimum Gasteiger partial charge on any atom is -0.497 e. The molecule has 27 heavy (non-hydrogen) atoms. The maximum absolute atomic E-state index is 13.2. The molecule has 1 amide bonds. The number of thioether (sulfide) groups is 1. The summed E-state index contributed by atoms with van der Waals surface area (Å²) >= 11 is 7.86. The normalized spacial score (nSPS) is 13.4. The number of ether oxygens (including phenoxy) is 1. The topological polar surface area (TPSA) is 60.2 Å². The van der Waals surface area contributed by atoms with Crippen LogP contribution >= 0.6 is 23.4 Å². The first-order valence-electron chi connectivity index (χ1n) is 8.39. The largest absolute Gasteiger partial charge is 0.497 e. The maximum Gasteiger partial charge on any atom is 0.280 e. The number of fused-ring (bicyclic) bond motifs is 1. The molecule has 0 N–H and O–H groups in total. The highest BCUT2D eigenvalue weighted by Gasteiger charge is 2.28. The van der Waals surface area contributed by atoms with Crippen molar-refractivity contribution in [2.24, 2.45) is 0 Å². The van der Waals surface area contributed by atoms with Gasteiger partial charge < -0.3 is 9.64 Å². The van der Waals surface area contributed by atoms with E-state index in [2.05, 4.69) is 10.3 Å². The van der Waals surface area contributed by atoms with Gasteiger partial charge in [-0.25, -0.2) is 4.68 Å². The van der Waals surface area contributed by atoms with Gasteiger partial charge in [-0.1, -0.05) is 16.8 Å². The molecule has 1 aliphatic rings. The van der Waals surface area contributed by atoms with Gasteiger partial charge >= 0.3 is 0 Å². The standard InChI is InChI=1S/C19H17ClN4O2S/c1-12-18(21-22-24(12)14-4-6-15(26-2)7-5-14)19(25)23-9-10-27-17-8-3-13(20)11-16(17)23/h3-8,11H,9-10H2,1-2H3. The van der Waals surface area contributed by atoms with Crippen LogP contribution in [0.15, 0.2) is 47.4 Å². The monoisotopic (exact) mass is 400 g/mol. The highest BCUT2D eigenvalue weighted by molar-refractivity contribution is 7.99. The van der Waals surface area contributed by atoms with Gasteiger partial charge in [0.2, 0.25) is 0 Å². The van der Waals surface area contributed by atoms with Crippen LogP contribution < -0.4 is 9.64 Å². The molecule has 2 aromatic carbocycles. The van der Waals surface area contributed by atoms with Crippen LogP contribution in [0.4, 0.5) is 5.69 Å². The van der Waals surface area contributed by atoms with Crippen molar-refractivity contribution in [1.82, 2.24) is 15.0 Å². The van der Waals surface area contributed by atoms with Gasteiger partial charge in [-0.05, 0) is 49.4 Å². The Labute approximate surface area is 166 Å². The summed E-state index contributed by atoms with van der Waals surface area (Å²) in [6.45, 7) is 2.45. The molecule has 0 spiro atoms. The van der Waals surface area contributed by atoms with Crippen LogP contribution in [-0.2, 0) is 0 Å². The van der Waals surface area contributed by atoms with E-state index >= 15 is 0 Å². The zero-order chi connectivity index (χ0) is 19.0. The molecule has 0 bridgehead atoms. The first kappa shape index (κ1) is 17.9. The number of nitrogens with zero attached hydrogens (tertiary/aromatic N) is 4. The van der Waals surface area contributed by atoms with Crippen LogP contribution in [0.5, 0.6) is 5.75 Å². The smallest absolute Gasteiger partial charge is 0.280 e. The number of anilines is 1. The molecule has 138 valence electrons.